The van der Waals surface area contributed by atoms with E-state index in [1.807, 2.05) is 0 Å². The number of anilines is 1. The fourth-order valence-electron chi connectivity index (χ4n) is 2.43. The number of nitrogens with one attached hydrogen (secondary N) is 2. The molecule has 0 unspecified atom stereocenters. The van der Waals surface area contributed by atoms with Crippen LogP contribution in [0.1, 0.15) is 36.7 Å². The van der Waals surface area contributed by atoms with Crippen LogP contribution in [0.5, 0.6) is 0 Å². The molecule has 0 aliphatic carbocycles. The van der Waals surface area contributed by atoms with Crippen LogP contribution < -0.4 is 10.6 Å². The van der Waals surface area contributed by atoms with Gasteiger partial charge in [0, 0.05) is 37.3 Å². The Morgan fingerprint density at radius 2 is 1.66 bits per heavy atom. The standard InChI is InChI=1S/C21H27N3O4S/c1-21(2,3)20(26)23-17-11-8-10-15(13-17)19(25)22-14-16-9-6-7-12-18(16)29(27,28)24(4)5/h6-13H,14H2,1-5H3,(H,22,25)(H,23,26). The first-order valence-corrected chi connectivity index (χ1v) is 10.6. The predicted octanol–water partition coefficient (Wildman–Crippen LogP) is 2.85. The van der Waals surface area contributed by atoms with E-state index in [4.69, 9.17) is 0 Å². The minimum absolute atomic E-state index is 0.0562. The largest absolute Gasteiger partial charge is 0.348 e. The van der Waals surface area contributed by atoms with E-state index >= 15 is 0 Å². The number of nitrogens with zero attached hydrogens (tertiary/aromatic N) is 1. The average molecular weight is 418 g/mol. The van der Waals surface area contributed by atoms with Gasteiger partial charge < -0.3 is 10.6 Å². The third-order valence-corrected chi connectivity index (χ3v) is 6.15. The maximum atomic E-state index is 12.6. The number of hydrogen-bond donors (Lipinski definition) is 2. The monoisotopic (exact) mass is 417 g/mol. The van der Waals surface area contributed by atoms with Crippen LogP contribution in [0.3, 0.4) is 0 Å². The molecule has 0 aromatic heterocycles. The van der Waals surface area contributed by atoms with Crippen LogP contribution in [0.4, 0.5) is 5.69 Å². The third kappa shape index (κ3) is 5.65. The van der Waals surface area contributed by atoms with Gasteiger partial charge in [-0.2, -0.15) is 0 Å². The molecule has 2 amide bonds. The maximum absolute atomic E-state index is 12.6. The number of sulfonamides is 1. The second kappa shape index (κ2) is 8.75. The molecular weight excluding hydrogens is 390 g/mol. The second-order valence-electron chi connectivity index (χ2n) is 7.86. The lowest BCUT2D eigenvalue weighted by Gasteiger charge is -2.18. The first kappa shape index (κ1) is 22.6. The number of carbonyl (C=O) groups excluding carboxylic acids is 2. The molecule has 0 heterocycles. The summed E-state index contributed by atoms with van der Waals surface area (Å²) in [5, 5.41) is 5.53. The van der Waals surface area contributed by atoms with Gasteiger partial charge in [0.2, 0.25) is 15.9 Å². The minimum atomic E-state index is -3.62. The molecule has 0 aliphatic rings. The number of benzene rings is 2. The van der Waals surface area contributed by atoms with Crippen molar-refractivity contribution in [1.29, 1.82) is 0 Å². The number of amides is 2. The highest BCUT2D eigenvalue weighted by atomic mass is 32.2. The van der Waals surface area contributed by atoms with Crippen molar-refractivity contribution >= 4 is 27.5 Å². The van der Waals surface area contributed by atoms with Gasteiger partial charge in [-0.25, -0.2) is 12.7 Å². The molecule has 0 spiro atoms. The topological polar surface area (TPSA) is 95.6 Å². The molecule has 0 fully saturated rings. The van der Waals surface area contributed by atoms with Crippen molar-refractivity contribution in [1.82, 2.24) is 9.62 Å². The summed E-state index contributed by atoms with van der Waals surface area (Å²) in [6.07, 6.45) is 0. The van der Waals surface area contributed by atoms with Crippen LogP contribution in [0.25, 0.3) is 0 Å². The molecule has 0 bridgehead atoms. The summed E-state index contributed by atoms with van der Waals surface area (Å²) in [7, 11) is -0.699. The Hall–Kier alpha value is -2.71. The summed E-state index contributed by atoms with van der Waals surface area (Å²) < 4.78 is 26.1. The Morgan fingerprint density at radius 1 is 1.00 bits per heavy atom. The van der Waals surface area contributed by atoms with Crippen LogP contribution >= 0.6 is 0 Å². The van der Waals surface area contributed by atoms with Gasteiger partial charge in [-0.15, -0.1) is 0 Å². The lowest BCUT2D eigenvalue weighted by Crippen LogP contribution is -2.28. The van der Waals surface area contributed by atoms with Crippen molar-refractivity contribution in [3.8, 4) is 0 Å². The quantitative estimate of drug-likeness (QED) is 0.755. The minimum Gasteiger partial charge on any atom is -0.348 e. The van der Waals surface area contributed by atoms with E-state index in [1.165, 1.54) is 20.2 Å². The average Bonchev–Trinajstić information content (AvgIpc) is 2.65. The van der Waals surface area contributed by atoms with Gasteiger partial charge in [-0.05, 0) is 29.8 Å². The second-order valence-corrected chi connectivity index (χ2v) is 9.98. The normalized spacial score (nSPS) is 11.9. The molecule has 29 heavy (non-hydrogen) atoms. The van der Waals surface area contributed by atoms with Gasteiger partial charge in [0.25, 0.3) is 5.91 Å². The Morgan fingerprint density at radius 3 is 2.28 bits per heavy atom. The first-order chi connectivity index (χ1) is 13.4. The molecule has 2 aromatic rings. The highest BCUT2D eigenvalue weighted by Gasteiger charge is 2.22. The van der Waals surface area contributed by atoms with Crippen LogP contribution in [0.2, 0.25) is 0 Å². The summed E-state index contributed by atoms with van der Waals surface area (Å²) in [5.74, 6) is -0.521. The summed E-state index contributed by atoms with van der Waals surface area (Å²) in [6, 6.07) is 13.1. The van der Waals surface area contributed by atoms with Gasteiger partial charge in [0.15, 0.2) is 0 Å². The summed E-state index contributed by atoms with van der Waals surface area (Å²) >= 11 is 0. The molecule has 0 radical (unpaired) electrons. The van der Waals surface area contributed by atoms with E-state index in [9.17, 15) is 18.0 Å². The van der Waals surface area contributed by atoms with Crippen molar-refractivity contribution in [2.75, 3.05) is 19.4 Å². The zero-order valence-corrected chi connectivity index (χ0v) is 18.1. The molecule has 0 saturated heterocycles. The maximum Gasteiger partial charge on any atom is 0.251 e. The molecular formula is C21H27N3O4S. The Balaban J connectivity index is 2.15. The summed E-state index contributed by atoms with van der Waals surface area (Å²) in [6.45, 7) is 5.47. The third-order valence-electron chi connectivity index (χ3n) is 4.23. The van der Waals surface area contributed by atoms with Crippen LogP contribution in [-0.2, 0) is 21.4 Å². The fraction of sp³-hybridized carbons (Fsp3) is 0.333. The molecule has 7 nitrogen and oxygen atoms in total. The van der Waals surface area contributed by atoms with Crippen LogP contribution in [-0.4, -0.2) is 38.6 Å². The molecule has 8 heteroatoms. The van der Waals surface area contributed by atoms with E-state index in [0.29, 0.717) is 16.8 Å². The molecule has 2 rings (SSSR count). The van der Waals surface area contributed by atoms with Gasteiger partial charge in [-0.3, -0.25) is 9.59 Å². The van der Waals surface area contributed by atoms with Crippen molar-refractivity contribution in [3.63, 3.8) is 0 Å². The van der Waals surface area contributed by atoms with Crippen LogP contribution in [0.15, 0.2) is 53.4 Å². The van der Waals surface area contributed by atoms with Gasteiger partial charge in [0.05, 0.1) is 4.90 Å². The summed E-state index contributed by atoms with van der Waals surface area (Å²) in [4.78, 5) is 24.9. The van der Waals surface area contributed by atoms with Crippen LogP contribution in [0, 0.1) is 5.41 Å². The Labute approximate surface area is 172 Å². The fourth-order valence-corrected chi connectivity index (χ4v) is 3.55. The van der Waals surface area contributed by atoms with Crippen molar-refractivity contribution in [2.45, 2.75) is 32.2 Å². The molecule has 156 valence electrons. The number of rotatable bonds is 6. The van der Waals surface area contributed by atoms with Gasteiger partial charge in [0.1, 0.15) is 0 Å². The zero-order valence-electron chi connectivity index (χ0n) is 17.3. The molecule has 0 saturated carbocycles. The molecule has 0 aliphatic heterocycles. The molecule has 0 atom stereocenters. The Bertz CT molecular complexity index is 1010. The predicted molar refractivity (Wildman–Crippen MR) is 113 cm³/mol. The Kier molecular flexibility index (Phi) is 6.81. The lowest BCUT2D eigenvalue weighted by atomic mass is 9.95. The van der Waals surface area contributed by atoms with Gasteiger partial charge in [-0.1, -0.05) is 45.0 Å². The zero-order chi connectivity index (χ0) is 21.8. The SMILES string of the molecule is CN(C)S(=O)(=O)c1ccccc1CNC(=O)c1cccc(NC(=O)C(C)(C)C)c1. The lowest BCUT2D eigenvalue weighted by molar-refractivity contribution is -0.123. The molecule has 2 aromatic carbocycles. The highest BCUT2D eigenvalue weighted by molar-refractivity contribution is 7.89. The summed E-state index contributed by atoms with van der Waals surface area (Å²) in [5.41, 5.74) is 0.824. The number of carbonyl (C=O) groups is 2. The molecule has 2 N–H and O–H groups in total. The van der Waals surface area contributed by atoms with E-state index in [2.05, 4.69) is 10.6 Å². The van der Waals surface area contributed by atoms with E-state index in [-0.39, 0.29) is 23.3 Å². The van der Waals surface area contributed by atoms with Crippen molar-refractivity contribution in [2.24, 2.45) is 5.41 Å². The van der Waals surface area contributed by atoms with E-state index < -0.39 is 15.4 Å². The smallest absolute Gasteiger partial charge is 0.251 e. The first-order valence-electron chi connectivity index (χ1n) is 9.13. The highest BCUT2D eigenvalue weighted by Crippen LogP contribution is 2.20. The van der Waals surface area contributed by atoms with Crippen molar-refractivity contribution < 1.29 is 18.0 Å². The number of hydrogen-bond acceptors (Lipinski definition) is 4. The van der Waals surface area contributed by atoms with Crippen molar-refractivity contribution in [3.05, 3.63) is 59.7 Å². The van der Waals surface area contributed by atoms with Gasteiger partial charge >= 0.3 is 0 Å². The van der Waals surface area contributed by atoms with E-state index in [1.54, 1.807) is 63.2 Å². The van der Waals surface area contributed by atoms with E-state index in [0.717, 1.165) is 4.31 Å².